The molecule has 0 bridgehead atoms. The first-order valence-corrected chi connectivity index (χ1v) is 12.5. The van der Waals surface area contributed by atoms with Crippen molar-refractivity contribution in [3.8, 4) is 11.1 Å². The summed E-state index contributed by atoms with van der Waals surface area (Å²) in [6, 6.07) is 25.4. The first-order chi connectivity index (χ1) is 16.5. The van der Waals surface area contributed by atoms with Gasteiger partial charge in [0, 0.05) is 17.5 Å². The van der Waals surface area contributed by atoms with E-state index >= 15 is 0 Å². The Morgan fingerprint density at radius 3 is 2.03 bits per heavy atom. The van der Waals surface area contributed by atoms with Crippen LogP contribution in [0.25, 0.3) is 11.1 Å². The number of nitrogens with zero attached hydrogens (tertiary/aromatic N) is 1. The molecule has 1 aliphatic carbocycles. The fourth-order valence-corrected chi connectivity index (χ4v) is 6.51. The number of hydrogen-bond donors (Lipinski definition) is 1. The van der Waals surface area contributed by atoms with Crippen LogP contribution in [0.5, 0.6) is 0 Å². The van der Waals surface area contributed by atoms with Crippen LogP contribution in [0.3, 0.4) is 0 Å². The Labute approximate surface area is 202 Å². The second kappa shape index (κ2) is 9.47. The van der Waals surface area contributed by atoms with Crippen molar-refractivity contribution in [3.05, 3.63) is 95.6 Å². The fourth-order valence-electron chi connectivity index (χ4n) is 5.06. The van der Waals surface area contributed by atoms with Crippen LogP contribution >= 0.6 is 11.8 Å². The van der Waals surface area contributed by atoms with E-state index in [1.165, 1.54) is 10.5 Å². The SMILES string of the molecule is O=C(O)[C@H]1[C@H](CN2C(=O)c3ccccc3C2=O)CC[C@@H]1SCc1ccc(-c2ccccc2)cc1. The number of hydrogen-bond acceptors (Lipinski definition) is 4. The van der Waals surface area contributed by atoms with Gasteiger partial charge in [0.05, 0.1) is 17.0 Å². The zero-order valence-electron chi connectivity index (χ0n) is 18.6. The topological polar surface area (TPSA) is 74.7 Å². The molecule has 3 atom stereocenters. The Kier molecular flexibility index (Phi) is 6.24. The van der Waals surface area contributed by atoms with E-state index in [-0.39, 0.29) is 29.5 Å². The van der Waals surface area contributed by atoms with Crippen LogP contribution in [-0.2, 0) is 10.5 Å². The summed E-state index contributed by atoms with van der Waals surface area (Å²) in [7, 11) is 0. The molecule has 0 spiro atoms. The van der Waals surface area contributed by atoms with Gasteiger partial charge in [0.15, 0.2) is 0 Å². The third-order valence-electron chi connectivity index (χ3n) is 6.84. The van der Waals surface area contributed by atoms with E-state index in [2.05, 4.69) is 36.4 Å². The Morgan fingerprint density at radius 2 is 1.41 bits per heavy atom. The van der Waals surface area contributed by atoms with Crippen LogP contribution < -0.4 is 0 Å². The zero-order chi connectivity index (χ0) is 23.7. The summed E-state index contributed by atoms with van der Waals surface area (Å²) in [4.78, 5) is 38.9. The average molecular weight is 472 g/mol. The number of carboxylic acids is 1. The van der Waals surface area contributed by atoms with Crippen LogP contribution in [0.15, 0.2) is 78.9 Å². The van der Waals surface area contributed by atoms with Gasteiger partial charge in [0.1, 0.15) is 0 Å². The molecule has 1 fully saturated rings. The molecule has 34 heavy (non-hydrogen) atoms. The van der Waals surface area contributed by atoms with Gasteiger partial charge < -0.3 is 5.11 Å². The van der Waals surface area contributed by atoms with Crippen LogP contribution in [0.4, 0.5) is 0 Å². The summed E-state index contributed by atoms with van der Waals surface area (Å²) < 4.78 is 0. The van der Waals surface area contributed by atoms with Gasteiger partial charge in [-0.3, -0.25) is 19.3 Å². The van der Waals surface area contributed by atoms with Crippen molar-refractivity contribution in [1.82, 2.24) is 4.90 Å². The molecule has 5 rings (SSSR count). The molecule has 0 radical (unpaired) electrons. The number of carbonyl (C=O) groups is 3. The van der Waals surface area contributed by atoms with Crippen molar-refractivity contribution < 1.29 is 19.5 Å². The molecule has 2 amide bonds. The van der Waals surface area contributed by atoms with Crippen LogP contribution in [0.1, 0.15) is 39.1 Å². The summed E-state index contributed by atoms with van der Waals surface area (Å²) in [6.45, 7) is 0.159. The highest BCUT2D eigenvalue weighted by molar-refractivity contribution is 7.99. The van der Waals surface area contributed by atoms with E-state index in [4.69, 9.17) is 0 Å². The third kappa shape index (κ3) is 4.26. The van der Waals surface area contributed by atoms with Gasteiger partial charge in [-0.25, -0.2) is 0 Å². The molecule has 3 aromatic carbocycles. The fraction of sp³-hybridized carbons (Fsp3) is 0.250. The number of carbonyl (C=O) groups excluding carboxylic acids is 2. The van der Waals surface area contributed by atoms with Crippen LogP contribution in [0.2, 0.25) is 0 Å². The number of aliphatic carboxylic acids is 1. The van der Waals surface area contributed by atoms with Crippen LogP contribution in [0, 0.1) is 11.8 Å². The van der Waals surface area contributed by atoms with Crippen LogP contribution in [-0.4, -0.2) is 39.6 Å². The molecule has 0 saturated heterocycles. The van der Waals surface area contributed by atoms with Gasteiger partial charge in [-0.05, 0) is 47.6 Å². The Balaban J connectivity index is 1.23. The number of carboxylic acid groups (broad SMARTS) is 1. The van der Waals surface area contributed by atoms with Gasteiger partial charge in [0.25, 0.3) is 11.8 Å². The molecule has 0 aromatic heterocycles. The average Bonchev–Trinajstić information content (AvgIpc) is 3.38. The second-order valence-corrected chi connectivity index (χ2v) is 10.1. The molecule has 6 heteroatoms. The van der Waals surface area contributed by atoms with Gasteiger partial charge in [-0.2, -0.15) is 11.8 Å². The predicted molar refractivity (Wildman–Crippen MR) is 133 cm³/mol. The van der Waals surface area contributed by atoms with Crippen molar-refractivity contribution in [2.45, 2.75) is 23.8 Å². The quantitative estimate of drug-likeness (QED) is 0.470. The number of benzene rings is 3. The van der Waals surface area contributed by atoms with Gasteiger partial charge in [-0.15, -0.1) is 0 Å². The maximum atomic E-state index is 12.7. The lowest BCUT2D eigenvalue weighted by Crippen LogP contribution is -2.38. The molecular weight excluding hydrogens is 446 g/mol. The molecule has 3 aromatic rings. The lowest BCUT2D eigenvalue weighted by molar-refractivity contribution is -0.142. The molecule has 1 aliphatic heterocycles. The van der Waals surface area contributed by atoms with E-state index in [9.17, 15) is 19.5 Å². The van der Waals surface area contributed by atoms with Crippen molar-refractivity contribution in [2.75, 3.05) is 6.54 Å². The Hall–Kier alpha value is -3.38. The first kappa shape index (κ1) is 22.4. The van der Waals surface area contributed by atoms with E-state index in [1.807, 2.05) is 18.2 Å². The van der Waals surface area contributed by atoms with Crippen molar-refractivity contribution in [1.29, 1.82) is 0 Å². The predicted octanol–water partition coefficient (Wildman–Crippen LogP) is 5.36. The first-order valence-electron chi connectivity index (χ1n) is 11.5. The molecule has 1 heterocycles. The maximum Gasteiger partial charge on any atom is 0.307 e. The molecule has 0 unspecified atom stereocenters. The summed E-state index contributed by atoms with van der Waals surface area (Å²) in [5.41, 5.74) is 4.28. The maximum absolute atomic E-state index is 12.7. The third-order valence-corrected chi connectivity index (χ3v) is 8.29. The minimum Gasteiger partial charge on any atom is -0.481 e. The normalized spacial score (nSPS) is 21.6. The lowest BCUT2D eigenvalue weighted by Gasteiger charge is -2.24. The highest BCUT2D eigenvalue weighted by atomic mass is 32.2. The van der Waals surface area contributed by atoms with E-state index in [1.54, 1.807) is 36.0 Å². The number of rotatable bonds is 7. The van der Waals surface area contributed by atoms with E-state index < -0.39 is 11.9 Å². The molecule has 1 saturated carbocycles. The summed E-state index contributed by atoms with van der Waals surface area (Å²) in [5, 5.41) is 9.94. The lowest BCUT2D eigenvalue weighted by atomic mass is 9.95. The van der Waals surface area contributed by atoms with Gasteiger partial charge in [-0.1, -0.05) is 66.7 Å². The minimum atomic E-state index is -0.851. The molecule has 172 valence electrons. The van der Waals surface area contributed by atoms with Crippen molar-refractivity contribution in [3.63, 3.8) is 0 Å². The number of imide groups is 1. The highest BCUT2D eigenvalue weighted by Gasteiger charge is 2.45. The molecule has 1 N–H and O–H groups in total. The molecular formula is C28H25NO4S. The standard InChI is InChI=1S/C28H25NO4S/c30-26-22-8-4-5-9-23(22)27(31)29(26)16-21-14-15-24(25(21)28(32)33)34-17-18-10-12-20(13-11-18)19-6-2-1-3-7-19/h1-13,21,24-25H,14-17H2,(H,32,33)/t21-,24-,25-/m0/s1. The summed E-state index contributed by atoms with van der Waals surface area (Å²) in [5.74, 6) is -1.59. The number of thioether (sulfide) groups is 1. The monoisotopic (exact) mass is 471 g/mol. The zero-order valence-corrected chi connectivity index (χ0v) is 19.4. The summed E-state index contributed by atoms with van der Waals surface area (Å²) >= 11 is 1.66. The molecule has 5 nitrogen and oxygen atoms in total. The van der Waals surface area contributed by atoms with Gasteiger partial charge >= 0.3 is 5.97 Å². The number of amides is 2. The second-order valence-electron chi connectivity index (χ2n) is 8.88. The Morgan fingerprint density at radius 1 is 0.824 bits per heavy atom. The molecule has 2 aliphatic rings. The highest BCUT2D eigenvalue weighted by Crippen LogP contribution is 2.42. The Bertz CT molecular complexity index is 1190. The van der Waals surface area contributed by atoms with Crippen molar-refractivity contribution in [2.24, 2.45) is 11.8 Å². The largest absolute Gasteiger partial charge is 0.481 e. The van der Waals surface area contributed by atoms with Crippen molar-refractivity contribution >= 4 is 29.5 Å². The smallest absolute Gasteiger partial charge is 0.307 e. The van der Waals surface area contributed by atoms with E-state index in [0.29, 0.717) is 17.5 Å². The van der Waals surface area contributed by atoms with Gasteiger partial charge in [0.2, 0.25) is 0 Å². The van der Waals surface area contributed by atoms with E-state index in [0.717, 1.165) is 23.3 Å². The number of fused-ring (bicyclic) bond motifs is 1. The summed E-state index contributed by atoms with van der Waals surface area (Å²) in [6.07, 6.45) is 1.45. The minimum absolute atomic E-state index is 0.0496.